The number of carboxylic acid groups (broad SMARTS) is 1. The zero-order chi connectivity index (χ0) is 14.4. The van der Waals surface area contributed by atoms with E-state index < -0.39 is 5.97 Å². The van der Waals surface area contributed by atoms with E-state index in [0.717, 1.165) is 16.5 Å². The molecular weight excluding hydrogens is 278 g/mol. The van der Waals surface area contributed by atoms with Crippen LogP contribution >= 0.6 is 11.6 Å². The van der Waals surface area contributed by atoms with Crippen LogP contribution in [0.1, 0.15) is 10.5 Å². The Morgan fingerprint density at radius 1 is 1.35 bits per heavy atom. The molecule has 0 atom stereocenters. The summed E-state index contributed by atoms with van der Waals surface area (Å²) < 4.78 is 3.30. The Morgan fingerprint density at radius 2 is 2.10 bits per heavy atom. The number of hydrogen-bond donors (Lipinski definition) is 1. The van der Waals surface area contributed by atoms with E-state index >= 15 is 0 Å². The predicted molar refractivity (Wildman–Crippen MR) is 77.1 cm³/mol. The van der Waals surface area contributed by atoms with Gasteiger partial charge in [-0.25, -0.2) is 4.79 Å². The van der Waals surface area contributed by atoms with E-state index in [1.54, 1.807) is 13.1 Å². The Morgan fingerprint density at radius 3 is 2.75 bits per heavy atom. The number of carbonyl (C=O) groups is 1. The van der Waals surface area contributed by atoms with Crippen LogP contribution in [0.3, 0.4) is 0 Å². The van der Waals surface area contributed by atoms with Gasteiger partial charge in [-0.05, 0) is 18.2 Å². The Kier molecular flexibility index (Phi) is 2.79. The molecule has 0 saturated heterocycles. The van der Waals surface area contributed by atoms with Crippen molar-refractivity contribution in [3.05, 3.63) is 41.2 Å². The maximum atomic E-state index is 11.1. The van der Waals surface area contributed by atoms with Crippen LogP contribution in [0.25, 0.3) is 22.2 Å². The number of halogens is 1. The number of benzene rings is 1. The fourth-order valence-electron chi connectivity index (χ4n) is 2.39. The summed E-state index contributed by atoms with van der Waals surface area (Å²) in [6, 6.07) is 7.22. The number of aromatic nitrogens is 3. The third-order valence-electron chi connectivity index (χ3n) is 3.34. The molecule has 3 rings (SSSR count). The standard InChI is InChI=1S/C14H12ClN3O2/c1-17-7-8(13-9(15)4-3-5-11(13)17)10-6-12(14(19)20)18(2)16-10/h3-7H,1-2H3,(H,19,20). The van der Waals surface area contributed by atoms with Crippen LogP contribution in [0, 0.1) is 0 Å². The van der Waals surface area contributed by atoms with Gasteiger partial charge in [0.25, 0.3) is 0 Å². The van der Waals surface area contributed by atoms with Crippen LogP contribution in [0.2, 0.25) is 5.02 Å². The summed E-state index contributed by atoms with van der Waals surface area (Å²) in [6.45, 7) is 0. The molecule has 0 spiro atoms. The molecule has 6 heteroatoms. The van der Waals surface area contributed by atoms with Crippen molar-refractivity contribution in [1.82, 2.24) is 14.3 Å². The van der Waals surface area contributed by atoms with Crippen LogP contribution in [0.15, 0.2) is 30.5 Å². The van der Waals surface area contributed by atoms with Crippen molar-refractivity contribution in [1.29, 1.82) is 0 Å². The highest BCUT2D eigenvalue weighted by Crippen LogP contribution is 2.34. The molecule has 0 fully saturated rings. The first-order valence-electron chi connectivity index (χ1n) is 6.00. The van der Waals surface area contributed by atoms with Gasteiger partial charge in [-0.2, -0.15) is 5.10 Å². The fraction of sp³-hybridized carbons (Fsp3) is 0.143. The lowest BCUT2D eigenvalue weighted by Gasteiger charge is -1.98. The van der Waals surface area contributed by atoms with Crippen LogP contribution in [0.5, 0.6) is 0 Å². The summed E-state index contributed by atoms with van der Waals surface area (Å²) in [7, 11) is 3.53. The Bertz CT molecular complexity index is 832. The Balaban J connectivity index is 2.30. The van der Waals surface area contributed by atoms with E-state index in [2.05, 4.69) is 5.10 Å². The van der Waals surface area contributed by atoms with E-state index in [4.69, 9.17) is 16.7 Å². The summed E-state index contributed by atoms with van der Waals surface area (Å²) in [5.74, 6) is -1.00. The number of nitrogens with zero attached hydrogens (tertiary/aromatic N) is 3. The molecule has 1 aromatic carbocycles. The van der Waals surface area contributed by atoms with Gasteiger partial charge in [-0.15, -0.1) is 0 Å². The molecule has 0 aliphatic carbocycles. The normalized spacial score (nSPS) is 11.2. The molecule has 20 heavy (non-hydrogen) atoms. The molecule has 2 heterocycles. The first kappa shape index (κ1) is 12.7. The van der Waals surface area contributed by atoms with Crippen LogP contribution in [0.4, 0.5) is 0 Å². The van der Waals surface area contributed by atoms with Crippen LogP contribution in [-0.4, -0.2) is 25.4 Å². The van der Waals surface area contributed by atoms with Gasteiger partial charge in [0.2, 0.25) is 0 Å². The average molecular weight is 290 g/mol. The van der Waals surface area contributed by atoms with Crippen molar-refractivity contribution < 1.29 is 9.90 Å². The van der Waals surface area contributed by atoms with Gasteiger partial charge < -0.3 is 9.67 Å². The monoisotopic (exact) mass is 289 g/mol. The molecule has 0 radical (unpaired) electrons. The van der Waals surface area contributed by atoms with Gasteiger partial charge in [0.05, 0.1) is 10.7 Å². The first-order valence-corrected chi connectivity index (χ1v) is 6.38. The van der Waals surface area contributed by atoms with Gasteiger partial charge in [0, 0.05) is 36.8 Å². The van der Waals surface area contributed by atoms with Crippen molar-refractivity contribution in [2.75, 3.05) is 0 Å². The third-order valence-corrected chi connectivity index (χ3v) is 3.65. The van der Waals surface area contributed by atoms with Crippen LogP contribution in [-0.2, 0) is 14.1 Å². The maximum Gasteiger partial charge on any atom is 0.354 e. The highest BCUT2D eigenvalue weighted by atomic mass is 35.5. The number of aryl methyl sites for hydroxylation is 2. The number of fused-ring (bicyclic) bond motifs is 1. The number of aromatic carboxylic acids is 1. The van der Waals surface area contributed by atoms with E-state index in [0.29, 0.717) is 10.7 Å². The van der Waals surface area contributed by atoms with Crippen molar-refractivity contribution in [2.24, 2.45) is 14.1 Å². The van der Waals surface area contributed by atoms with E-state index in [1.165, 1.54) is 4.68 Å². The largest absolute Gasteiger partial charge is 0.477 e. The maximum absolute atomic E-state index is 11.1. The van der Waals surface area contributed by atoms with E-state index in [9.17, 15) is 4.79 Å². The lowest BCUT2D eigenvalue weighted by atomic mass is 10.1. The minimum Gasteiger partial charge on any atom is -0.477 e. The minimum atomic E-state index is -1.00. The molecule has 0 unspecified atom stereocenters. The lowest BCUT2D eigenvalue weighted by Crippen LogP contribution is -2.04. The van der Waals surface area contributed by atoms with Gasteiger partial charge in [0.1, 0.15) is 5.69 Å². The minimum absolute atomic E-state index is 0.143. The molecule has 3 aromatic rings. The zero-order valence-corrected chi connectivity index (χ0v) is 11.7. The molecule has 0 aliphatic rings. The summed E-state index contributed by atoms with van der Waals surface area (Å²) in [4.78, 5) is 11.1. The summed E-state index contributed by atoms with van der Waals surface area (Å²) in [5, 5.41) is 14.9. The number of carboxylic acids is 1. The van der Waals surface area contributed by atoms with Crippen molar-refractivity contribution in [3.8, 4) is 11.3 Å². The quantitative estimate of drug-likeness (QED) is 0.789. The van der Waals surface area contributed by atoms with Gasteiger partial charge in [-0.1, -0.05) is 17.7 Å². The smallest absolute Gasteiger partial charge is 0.354 e. The lowest BCUT2D eigenvalue weighted by molar-refractivity contribution is 0.0685. The molecular formula is C14H12ClN3O2. The highest BCUT2D eigenvalue weighted by molar-refractivity contribution is 6.36. The zero-order valence-electron chi connectivity index (χ0n) is 11.0. The third kappa shape index (κ3) is 1.78. The summed E-state index contributed by atoms with van der Waals surface area (Å²) in [6.07, 6.45) is 1.91. The molecule has 0 amide bonds. The second-order valence-corrected chi connectivity index (χ2v) is 5.04. The SMILES string of the molecule is Cn1nc(-c2cn(C)c3cccc(Cl)c23)cc1C(=O)O. The topological polar surface area (TPSA) is 60.0 Å². The Labute approximate surface area is 120 Å². The molecule has 0 bridgehead atoms. The number of rotatable bonds is 2. The van der Waals surface area contributed by atoms with Crippen molar-refractivity contribution in [3.63, 3.8) is 0 Å². The van der Waals surface area contributed by atoms with Crippen molar-refractivity contribution in [2.45, 2.75) is 0 Å². The Hall–Kier alpha value is -2.27. The molecule has 5 nitrogen and oxygen atoms in total. The molecule has 0 aliphatic heterocycles. The fourth-order valence-corrected chi connectivity index (χ4v) is 2.67. The molecule has 2 aromatic heterocycles. The van der Waals surface area contributed by atoms with E-state index in [-0.39, 0.29) is 5.69 Å². The van der Waals surface area contributed by atoms with Gasteiger partial charge in [-0.3, -0.25) is 4.68 Å². The second kappa shape index (κ2) is 4.38. The number of hydrogen-bond acceptors (Lipinski definition) is 2. The van der Waals surface area contributed by atoms with E-state index in [1.807, 2.05) is 36.0 Å². The summed E-state index contributed by atoms with van der Waals surface area (Å²) in [5.41, 5.74) is 2.55. The second-order valence-electron chi connectivity index (χ2n) is 4.63. The van der Waals surface area contributed by atoms with Gasteiger partial charge >= 0.3 is 5.97 Å². The van der Waals surface area contributed by atoms with Crippen LogP contribution < -0.4 is 0 Å². The van der Waals surface area contributed by atoms with Gasteiger partial charge in [0.15, 0.2) is 0 Å². The first-order chi connectivity index (χ1) is 9.49. The molecule has 102 valence electrons. The predicted octanol–water partition coefficient (Wildman–Crippen LogP) is 2.93. The summed E-state index contributed by atoms with van der Waals surface area (Å²) >= 11 is 6.27. The molecule has 0 saturated carbocycles. The van der Waals surface area contributed by atoms with Crippen molar-refractivity contribution >= 4 is 28.5 Å². The highest BCUT2D eigenvalue weighted by Gasteiger charge is 2.17. The molecule has 1 N–H and O–H groups in total. The average Bonchev–Trinajstić information content (AvgIpc) is 2.92.